The smallest absolute Gasteiger partial charge is 0.258 e. The Kier molecular flexibility index (Phi) is 9.00. The Labute approximate surface area is 211 Å². The Morgan fingerprint density at radius 2 is 1.86 bits per heavy atom. The Bertz CT molecular complexity index is 1200. The molecule has 2 heterocycles. The molecule has 194 valence electrons. The van der Waals surface area contributed by atoms with E-state index in [1.165, 1.54) is 0 Å². The first-order valence-electron chi connectivity index (χ1n) is 12.1. The first-order valence-corrected chi connectivity index (χ1v) is 12.1. The van der Waals surface area contributed by atoms with Crippen molar-refractivity contribution in [1.29, 1.82) is 0 Å². The summed E-state index contributed by atoms with van der Waals surface area (Å²) in [5.41, 5.74) is 9.33. The second-order valence-corrected chi connectivity index (χ2v) is 8.75. The normalized spacial score (nSPS) is 12.9. The highest BCUT2D eigenvalue weighted by Crippen LogP contribution is 2.32. The molecule has 0 aliphatic heterocycles. The van der Waals surface area contributed by atoms with Crippen LogP contribution < -0.4 is 15.4 Å². The fraction of sp³-hybridized carbons (Fsp3) is 0.462. The molecule has 0 radical (unpaired) electrons. The van der Waals surface area contributed by atoms with Crippen molar-refractivity contribution in [2.75, 3.05) is 25.1 Å². The van der Waals surface area contributed by atoms with Crippen molar-refractivity contribution in [2.24, 2.45) is 5.73 Å². The lowest BCUT2D eigenvalue weighted by molar-refractivity contribution is -0.127. The number of pyridine rings is 1. The SMILES string of the molecule is CCc1cc(-c2nc(-c3cc(C)c(OC[C@@H](O)CC(O)C(N)=O)c(CC)c3)no2)cc(N(C)CC)n1. The van der Waals surface area contributed by atoms with Crippen molar-refractivity contribution in [3.05, 3.63) is 41.1 Å². The van der Waals surface area contributed by atoms with E-state index < -0.39 is 18.1 Å². The highest BCUT2D eigenvalue weighted by molar-refractivity contribution is 5.78. The number of anilines is 1. The van der Waals surface area contributed by atoms with Gasteiger partial charge in [0.1, 0.15) is 24.3 Å². The maximum atomic E-state index is 11.0. The zero-order valence-corrected chi connectivity index (χ0v) is 21.5. The minimum Gasteiger partial charge on any atom is -0.490 e. The number of aliphatic hydroxyl groups is 2. The Morgan fingerprint density at radius 3 is 2.50 bits per heavy atom. The number of primary amides is 1. The summed E-state index contributed by atoms with van der Waals surface area (Å²) in [5.74, 6) is 1.48. The van der Waals surface area contributed by atoms with Gasteiger partial charge in [-0.1, -0.05) is 19.0 Å². The molecule has 0 aliphatic carbocycles. The molecular weight excluding hydrogens is 462 g/mol. The van der Waals surface area contributed by atoms with Gasteiger partial charge in [-0.15, -0.1) is 0 Å². The van der Waals surface area contributed by atoms with Crippen molar-refractivity contribution in [3.63, 3.8) is 0 Å². The largest absolute Gasteiger partial charge is 0.490 e. The molecular formula is C26H35N5O5. The van der Waals surface area contributed by atoms with E-state index in [9.17, 15) is 15.0 Å². The van der Waals surface area contributed by atoms with Gasteiger partial charge in [-0.2, -0.15) is 4.98 Å². The number of aromatic nitrogens is 3. The zero-order chi connectivity index (χ0) is 26.4. The fourth-order valence-electron chi connectivity index (χ4n) is 3.76. The number of amides is 1. The fourth-order valence-corrected chi connectivity index (χ4v) is 3.76. The predicted molar refractivity (Wildman–Crippen MR) is 137 cm³/mol. The van der Waals surface area contributed by atoms with Crippen molar-refractivity contribution in [3.8, 4) is 28.6 Å². The number of nitrogens with zero attached hydrogens (tertiary/aromatic N) is 4. The summed E-state index contributed by atoms with van der Waals surface area (Å²) in [7, 11) is 1.99. The third kappa shape index (κ3) is 6.38. The summed E-state index contributed by atoms with van der Waals surface area (Å²) < 4.78 is 11.5. The number of hydrogen-bond acceptors (Lipinski definition) is 9. The highest BCUT2D eigenvalue weighted by atomic mass is 16.5. The molecule has 0 saturated carbocycles. The van der Waals surface area contributed by atoms with Gasteiger partial charge in [0, 0.05) is 36.8 Å². The van der Waals surface area contributed by atoms with E-state index in [4.69, 9.17) is 15.0 Å². The van der Waals surface area contributed by atoms with Crippen LogP contribution in [0, 0.1) is 6.92 Å². The standard InChI is InChI=1S/C26H35N5O5/c1-6-16-10-17(9-15(4)23(16)35-14-20(32)13-21(33)24(27)34)25-29-26(36-30-25)18-11-19(7-2)28-22(12-18)31(5)8-3/h9-12,20-21,32-33H,6-8,13-14H2,1-5H3,(H2,27,34)/t20-,21?/m0/s1. The van der Waals surface area contributed by atoms with Gasteiger partial charge in [0.25, 0.3) is 5.89 Å². The summed E-state index contributed by atoms with van der Waals surface area (Å²) in [6, 6.07) is 7.74. The average Bonchev–Trinajstić information content (AvgIpc) is 3.37. The summed E-state index contributed by atoms with van der Waals surface area (Å²) in [4.78, 5) is 22.4. The molecule has 2 aromatic heterocycles. The molecule has 1 unspecified atom stereocenters. The van der Waals surface area contributed by atoms with Gasteiger partial charge >= 0.3 is 0 Å². The average molecular weight is 498 g/mol. The van der Waals surface area contributed by atoms with Crippen molar-refractivity contribution < 1.29 is 24.3 Å². The second kappa shape index (κ2) is 12.0. The third-order valence-corrected chi connectivity index (χ3v) is 6.00. The molecule has 3 aromatic rings. The predicted octanol–water partition coefficient (Wildman–Crippen LogP) is 2.66. The molecule has 1 aromatic carbocycles. The van der Waals surface area contributed by atoms with Crippen molar-refractivity contribution >= 4 is 11.7 Å². The maximum Gasteiger partial charge on any atom is 0.258 e. The minimum atomic E-state index is -1.42. The summed E-state index contributed by atoms with van der Waals surface area (Å²) in [6.45, 7) is 8.75. The van der Waals surface area contributed by atoms with Crippen LogP contribution in [0.15, 0.2) is 28.8 Å². The van der Waals surface area contributed by atoms with Crippen molar-refractivity contribution in [1.82, 2.24) is 15.1 Å². The van der Waals surface area contributed by atoms with E-state index in [2.05, 4.69) is 33.9 Å². The first kappa shape index (κ1) is 27.1. The number of carbonyl (C=O) groups excluding carboxylic acids is 1. The maximum absolute atomic E-state index is 11.0. The number of aryl methyl sites for hydroxylation is 3. The molecule has 1 amide bonds. The van der Waals surface area contributed by atoms with E-state index in [1.54, 1.807) is 0 Å². The van der Waals surface area contributed by atoms with Crippen LogP contribution in [0.25, 0.3) is 22.8 Å². The van der Waals surface area contributed by atoms with Crippen LogP contribution in [0.4, 0.5) is 5.82 Å². The molecule has 10 nitrogen and oxygen atoms in total. The van der Waals surface area contributed by atoms with Gasteiger partial charge in [-0.05, 0) is 62.1 Å². The minimum absolute atomic E-state index is 0.0831. The zero-order valence-electron chi connectivity index (χ0n) is 21.5. The Balaban J connectivity index is 1.85. The Hall–Kier alpha value is -3.50. The van der Waals surface area contributed by atoms with Crippen LogP contribution in [-0.2, 0) is 17.6 Å². The van der Waals surface area contributed by atoms with Crippen LogP contribution in [0.2, 0.25) is 0 Å². The van der Waals surface area contributed by atoms with Gasteiger partial charge in [0.2, 0.25) is 11.7 Å². The number of ether oxygens (including phenoxy) is 1. The Morgan fingerprint density at radius 1 is 1.11 bits per heavy atom. The summed E-state index contributed by atoms with van der Waals surface area (Å²) >= 11 is 0. The van der Waals surface area contributed by atoms with Crippen molar-refractivity contribution in [2.45, 2.75) is 59.2 Å². The molecule has 36 heavy (non-hydrogen) atoms. The molecule has 0 aliphatic rings. The van der Waals surface area contributed by atoms with E-state index >= 15 is 0 Å². The van der Waals surface area contributed by atoms with E-state index in [1.807, 2.05) is 45.2 Å². The van der Waals surface area contributed by atoms with E-state index in [0.717, 1.165) is 46.7 Å². The molecule has 0 bridgehead atoms. The van der Waals surface area contributed by atoms with Crippen LogP contribution in [0.5, 0.6) is 5.75 Å². The molecule has 0 saturated heterocycles. The first-order chi connectivity index (χ1) is 17.2. The highest BCUT2D eigenvalue weighted by Gasteiger charge is 2.20. The molecule has 0 fully saturated rings. The molecule has 3 rings (SSSR count). The number of rotatable bonds is 12. The van der Waals surface area contributed by atoms with E-state index in [-0.39, 0.29) is 13.0 Å². The van der Waals surface area contributed by atoms with Gasteiger partial charge in [-0.3, -0.25) is 4.79 Å². The van der Waals surface area contributed by atoms with Gasteiger partial charge < -0.3 is 30.1 Å². The van der Waals surface area contributed by atoms with E-state index in [0.29, 0.717) is 23.9 Å². The number of hydrogen-bond donors (Lipinski definition) is 3. The monoisotopic (exact) mass is 497 g/mol. The second-order valence-electron chi connectivity index (χ2n) is 8.75. The van der Waals surface area contributed by atoms with Crippen LogP contribution in [0.3, 0.4) is 0 Å². The number of benzene rings is 1. The lowest BCUT2D eigenvalue weighted by Crippen LogP contribution is -2.33. The molecule has 2 atom stereocenters. The number of aliphatic hydroxyl groups excluding tert-OH is 2. The summed E-state index contributed by atoms with van der Waals surface area (Å²) in [5, 5.41) is 23.9. The number of nitrogens with two attached hydrogens (primary N) is 1. The van der Waals surface area contributed by atoms with Gasteiger partial charge in [0.15, 0.2) is 0 Å². The van der Waals surface area contributed by atoms with Crippen LogP contribution in [-0.4, -0.2) is 63.7 Å². The van der Waals surface area contributed by atoms with Gasteiger partial charge in [0.05, 0.1) is 6.10 Å². The summed E-state index contributed by atoms with van der Waals surface area (Å²) in [6.07, 6.45) is -1.19. The quantitative estimate of drug-likeness (QED) is 0.343. The lowest BCUT2D eigenvalue weighted by atomic mass is 10.0. The number of carbonyl (C=O) groups is 1. The molecule has 10 heteroatoms. The topological polar surface area (TPSA) is 148 Å². The van der Waals surface area contributed by atoms with Crippen LogP contribution in [0.1, 0.15) is 44.0 Å². The van der Waals surface area contributed by atoms with Gasteiger partial charge in [-0.25, -0.2) is 4.98 Å². The molecule has 4 N–H and O–H groups in total. The lowest BCUT2D eigenvalue weighted by Gasteiger charge is -2.18. The third-order valence-electron chi connectivity index (χ3n) is 6.00. The molecule has 0 spiro atoms. The van der Waals surface area contributed by atoms with Crippen LogP contribution >= 0.6 is 0 Å².